The number of benzene rings is 2. The normalized spacial score (nSPS) is 21.0. The fraction of sp³-hybridized carbons (Fsp3) is 0.364. The molecule has 1 N–H and O–H groups in total. The number of aromatic nitrogens is 2. The summed E-state index contributed by atoms with van der Waals surface area (Å²) in [7, 11) is 0. The van der Waals surface area contributed by atoms with E-state index in [0.717, 1.165) is 42.8 Å². The molecule has 29 heavy (non-hydrogen) atoms. The zero-order chi connectivity index (χ0) is 19.8. The molecule has 0 aliphatic carbocycles. The Labute approximate surface area is 174 Å². The van der Waals surface area contributed by atoms with Gasteiger partial charge in [0, 0.05) is 25.1 Å². The molecule has 0 radical (unpaired) electrons. The molecular weight excluding hydrogens is 390 g/mol. The van der Waals surface area contributed by atoms with Crippen molar-refractivity contribution in [2.75, 3.05) is 13.1 Å². The van der Waals surface area contributed by atoms with Crippen LogP contribution in [-0.4, -0.2) is 38.9 Å². The lowest BCUT2D eigenvalue weighted by Crippen LogP contribution is -2.50. The highest BCUT2D eigenvalue weighted by Gasteiger charge is 2.42. The lowest BCUT2D eigenvalue weighted by molar-refractivity contribution is -0.0560. The first-order chi connectivity index (χ1) is 14.1. The van der Waals surface area contributed by atoms with E-state index in [9.17, 15) is 5.11 Å². The third kappa shape index (κ3) is 3.64. The summed E-state index contributed by atoms with van der Waals surface area (Å²) in [5.74, 6) is 1.82. The van der Waals surface area contributed by atoms with Crippen LogP contribution < -0.4 is 4.74 Å². The van der Waals surface area contributed by atoms with E-state index in [1.807, 2.05) is 48.5 Å². The minimum absolute atomic E-state index is 0.304. The number of rotatable bonds is 3. The summed E-state index contributed by atoms with van der Waals surface area (Å²) in [5.41, 5.74) is 1.33. The van der Waals surface area contributed by atoms with Crippen molar-refractivity contribution < 1.29 is 14.3 Å². The number of piperidine rings is 1. The van der Waals surface area contributed by atoms with Crippen LogP contribution >= 0.6 is 11.6 Å². The molecule has 3 aromatic rings. The summed E-state index contributed by atoms with van der Waals surface area (Å²) < 4.78 is 12.2. The van der Waals surface area contributed by atoms with Crippen molar-refractivity contribution in [3.05, 3.63) is 65.0 Å². The number of ether oxygens (including phenoxy) is 1. The Balaban J connectivity index is 1.24. The zero-order valence-electron chi connectivity index (χ0n) is 15.9. The maximum atomic E-state index is 10.6. The van der Waals surface area contributed by atoms with Crippen LogP contribution in [0.1, 0.15) is 36.8 Å². The third-order valence-corrected chi connectivity index (χ3v) is 6.20. The van der Waals surface area contributed by atoms with Crippen molar-refractivity contribution in [1.82, 2.24) is 15.1 Å². The number of aliphatic hydroxyl groups excluding tert-OH is 1. The summed E-state index contributed by atoms with van der Waals surface area (Å²) in [6.45, 7) is 2.28. The smallest absolute Gasteiger partial charge is 0.249 e. The second-order valence-corrected chi connectivity index (χ2v) is 8.21. The van der Waals surface area contributed by atoms with E-state index in [2.05, 4.69) is 15.1 Å². The second kappa shape index (κ2) is 7.44. The van der Waals surface area contributed by atoms with Gasteiger partial charge in [0.05, 0.1) is 23.2 Å². The fourth-order valence-electron chi connectivity index (χ4n) is 4.26. The van der Waals surface area contributed by atoms with Gasteiger partial charge in [-0.05, 0) is 31.0 Å². The first-order valence-electron chi connectivity index (χ1n) is 9.88. The number of fused-ring (bicyclic) bond motifs is 1. The molecule has 1 spiro atoms. The molecule has 5 rings (SSSR count). The number of hydrogen-bond donors (Lipinski definition) is 1. The van der Waals surface area contributed by atoms with Crippen LogP contribution in [0.4, 0.5) is 0 Å². The molecule has 6 nitrogen and oxygen atoms in total. The van der Waals surface area contributed by atoms with E-state index in [1.165, 1.54) is 0 Å². The monoisotopic (exact) mass is 411 g/mol. The minimum atomic E-state index is -0.472. The largest absolute Gasteiger partial charge is 0.487 e. The predicted octanol–water partition coefficient (Wildman–Crippen LogP) is 4.24. The molecule has 1 aromatic heterocycles. The van der Waals surface area contributed by atoms with E-state index in [1.54, 1.807) is 0 Å². The molecule has 0 amide bonds. The van der Waals surface area contributed by atoms with Crippen molar-refractivity contribution in [3.63, 3.8) is 0 Å². The van der Waals surface area contributed by atoms with Gasteiger partial charge in [-0.3, -0.25) is 4.90 Å². The molecule has 2 aliphatic heterocycles. The average molecular weight is 412 g/mol. The van der Waals surface area contributed by atoms with Gasteiger partial charge < -0.3 is 14.3 Å². The molecule has 0 bridgehead atoms. The summed E-state index contributed by atoms with van der Waals surface area (Å²) in [4.78, 5) is 2.28. The summed E-state index contributed by atoms with van der Waals surface area (Å²) in [6, 6.07) is 15.2. The molecule has 1 atom stereocenters. The molecule has 1 saturated heterocycles. The van der Waals surface area contributed by atoms with Gasteiger partial charge in [0.15, 0.2) is 0 Å². The van der Waals surface area contributed by atoms with Crippen molar-refractivity contribution in [3.8, 4) is 17.2 Å². The molecular formula is C22H22ClN3O3. The molecule has 1 unspecified atom stereocenters. The highest BCUT2D eigenvalue weighted by Crippen LogP contribution is 2.44. The highest BCUT2D eigenvalue weighted by atomic mass is 35.5. The van der Waals surface area contributed by atoms with Crippen LogP contribution in [0.2, 0.25) is 5.02 Å². The topological polar surface area (TPSA) is 71.6 Å². The molecule has 1 fully saturated rings. The predicted molar refractivity (Wildman–Crippen MR) is 109 cm³/mol. The Morgan fingerprint density at radius 2 is 1.83 bits per heavy atom. The second-order valence-electron chi connectivity index (χ2n) is 7.80. The van der Waals surface area contributed by atoms with Gasteiger partial charge in [0.25, 0.3) is 0 Å². The Bertz CT molecular complexity index is 1010. The Kier molecular flexibility index (Phi) is 4.78. The van der Waals surface area contributed by atoms with Gasteiger partial charge in [-0.1, -0.05) is 41.9 Å². The molecule has 2 aromatic carbocycles. The number of aliphatic hydroxyl groups is 1. The third-order valence-electron chi connectivity index (χ3n) is 5.87. The molecule has 150 valence electrons. The molecule has 3 heterocycles. The first-order valence-corrected chi connectivity index (χ1v) is 10.3. The van der Waals surface area contributed by atoms with E-state index in [-0.39, 0.29) is 5.60 Å². The van der Waals surface area contributed by atoms with Gasteiger partial charge in [-0.2, -0.15) is 0 Å². The van der Waals surface area contributed by atoms with Crippen LogP contribution in [-0.2, 0) is 6.54 Å². The lowest BCUT2D eigenvalue weighted by atomic mass is 9.81. The van der Waals surface area contributed by atoms with Gasteiger partial charge in [0.1, 0.15) is 11.4 Å². The number of hydrogen-bond acceptors (Lipinski definition) is 6. The van der Waals surface area contributed by atoms with Crippen LogP contribution in [0.15, 0.2) is 52.9 Å². The number of para-hydroxylation sites is 1. The van der Waals surface area contributed by atoms with Crippen molar-refractivity contribution in [2.24, 2.45) is 0 Å². The highest BCUT2D eigenvalue weighted by molar-refractivity contribution is 6.33. The maximum absolute atomic E-state index is 10.6. The summed E-state index contributed by atoms with van der Waals surface area (Å²) in [5, 5.41) is 19.5. The van der Waals surface area contributed by atoms with Crippen LogP contribution in [0.25, 0.3) is 11.5 Å². The van der Waals surface area contributed by atoms with E-state index < -0.39 is 6.10 Å². The number of likely N-dealkylation sites (tertiary alicyclic amines) is 1. The average Bonchev–Trinajstić information content (AvgIpc) is 3.18. The van der Waals surface area contributed by atoms with Crippen LogP contribution in [0.5, 0.6) is 5.75 Å². The van der Waals surface area contributed by atoms with Crippen molar-refractivity contribution in [2.45, 2.75) is 37.5 Å². The number of nitrogens with zero attached hydrogens (tertiary/aromatic N) is 3. The quantitative estimate of drug-likeness (QED) is 0.695. The van der Waals surface area contributed by atoms with Gasteiger partial charge in [-0.25, -0.2) is 0 Å². The van der Waals surface area contributed by atoms with Crippen LogP contribution in [0, 0.1) is 0 Å². The zero-order valence-corrected chi connectivity index (χ0v) is 16.7. The van der Waals surface area contributed by atoms with Crippen molar-refractivity contribution >= 4 is 11.6 Å². The molecule has 7 heteroatoms. The van der Waals surface area contributed by atoms with E-state index in [4.69, 9.17) is 20.8 Å². The lowest BCUT2D eigenvalue weighted by Gasteiger charge is -2.45. The van der Waals surface area contributed by atoms with E-state index in [0.29, 0.717) is 29.8 Å². The van der Waals surface area contributed by atoms with Gasteiger partial charge >= 0.3 is 0 Å². The summed E-state index contributed by atoms with van der Waals surface area (Å²) >= 11 is 6.22. The maximum Gasteiger partial charge on any atom is 0.249 e. The molecule has 2 aliphatic rings. The standard InChI is InChI=1S/C22H22ClN3O3/c23-17-7-3-1-5-15(17)21-25-24-20(28-21)14-26-11-9-22(10-12-26)13-18(27)16-6-2-4-8-19(16)29-22/h1-8,18,27H,9-14H2. The Hall–Kier alpha value is -2.41. The van der Waals surface area contributed by atoms with Crippen LogP contribution in [0.3, 0.4) is 0 Å². The Morgan fingerprint density at radius 3 is 2.66 bits per heavy atom. The van der Waals surface area contributed by atoms with Gasteiger partial charge in [0.2, 0.25) is 11.8 Å². The molecule has 0 saturated carbocycles. The fourth-order valence-corrected chi connectivity index (χ4v) is 4.48. The van der Waals surface area contributed by atoms with Crippen molar-refractivity contribution in [1.29, 1.82) is 0 Å². The minimum Gasteiger partial charge on any atom is -0.487 e. The first kappa shape index (κ1) is 18.6. The Morgan fingerprint density at radius 1 is 1.07 bits per heavy atom. The SMILES string of the molecule is OC1CC2(CCN(Cc3nnc(-c4ccccc4Cl)o3)CC2)Oc2ccccc21. The van der Waals surface area contributed by atoms with Gasteiger partial charge in [-0.15, -0.1) is 10.2 Å². The number of halogens is 1. The summed E-state index contributed by atoms with van der Waals surface area (Å²) in [6.07, 6.45) is 1.86. The van der Waals surface area contributed by atoms with E-state index >= 15 is 0 Å².